The second-order valence-corrected chi connectivity index (χ2v) is 11.0. The van der Waals surface area contributed by atoms with Crippen molar-refractivity contribution in [3.05, 3.63) is 84.5 Å². The van der Waals surface area contributed by atoms with Crippen LogP contribution < -0.4 is 0 Å². The minimum Gasteiger partial charge on any atom is -0.480 e. The fourth-order valence-electron chi connectivity index (χ4n) is 5.73. The van der Waals surface area contributed by atoms with Gasteiger partial charge in [-0.1, -0.05) is 25.7 Å². The van der Waals surface area contributed by atoms with Gasteiger partial charge in [0.25, 0.3) is 0 Å². The molecule has 0 saturated carbocycles. The molecule has 4 saturated heterocycles. The second kappa shape index (κ2) is 19.2. The first-order valence-electron chi connectivity index (χ1n) is 15.5. The van der Waals surface area contributed by atoms with E-state index < -0.39 is 0 Å². The molecule has 0 bridgehead atoms. The molecule has 0 amide bonds. The van der Waals surface area contributed by atoms with Crippen molar-refractivity contribution < 1.29 is 21.7 Å². The summed E-state index contributed by atoms with van der Waals surface area (Å²) >= 11 is 0. The van der Waals surface area contributed by atoms with Crippen molar-refractivity contribution in [1.82, 2.24) is 19.6 Å². The van der Waals surface area contributed by atoms with Gasteiger partial charge < -0.3 is 19.6 Å². The van der Waals surface area contributed by atoms with E-state index in [4.69, 9.17) is 0 Å². The van der Waals surface area contributed by atoms with Crippen LogP contribution in [0.25, 0.3) is 0 Å². The molecule has 4 heterocycles. The monoisotopic (exact) mass is 562 g/mol. The molecule has 4 aliphatic rings. The summed E-state index contributed by atoms with van der Waals surface area (Å²) in [7, 11) is 0. The average Bonchev–Trinajstić information content (AvgIpc) is 3.77. The van der Waals surface area contributed by atoms with Crippen LogP contribution in [0.3, 0.4) is 0 Å². The topological polar surface area (TPSA) is 13.0 Å². The number of hydrogen-bond donors (Lipinski definition) is 0. The maximum absolute atomic E-state index is 3.92. The summed E-state index contributed by atoms with van der Waals surface area (Å²) in [6.45, 7) is 9.46. The molecular weight excluding hydrogens is 512 g/mol. The average molecular weight is 563 g/mol. The number of piperidine rings is 4. The minimum atomic E-state index is 0. The van der Waals surface area contributed by atoms with Crippen molar-refractivity contribution in [2.75, 3.05) is 52.4 Å². The van der Waals surface area contributed by atoms with Gasteiger partial charge in [0.15, 0.2) is 0 Å². The largest absolute Gasteiger partial charge is 4.00 e. The van der Waals surface area contributed by atoms with E-state index in [1.165, 1.54) is 141 Å². The van der Waals surface area contributed by atoms with Gasteiger partial charge in [-0.15, -0.1) is 0 Å². The van der Waals surface area contributed by atoms with Crippen LogP contribution in [-0.4, -0.2) is 72.0 Å². The smallest absolute Gasteiger partial charge is 0.480 e. The molecule has 0 spiro atoms. The Hall–Kier alpha value is -1.91. The third-order valence-electron chi connectivity index (χ3n) is 7.92. The predicted octanol–water partition coefficient (Wildman–Crippen LogP) is 7.03. The minimum absolute atomic E-state index is 0. The molecule has 0 aromatic heterocycles. The third-order valence-corrected chi connectivity index (χ3v) is 7.92. The Morgan fingerprint density at radius 1 is 0.410 bits per heavy atom. The maximum atomic E-state index is 3.92. The van der Waals surface area contributed by atoms with Crippen LogP contribution in [0, 0.1) is 12.4 Å². The molecule has 2 aromatic rings. The van der Waals surface area contributed by atoms with Crippen molar-refractivity contribution in [2.24, 2.45) is 0 Å². The van der Waals surface area contributed by atoms with Crippen LogP contribution in [0.4, 0.5) is 0 Å². The fourth-order valence-corrected chi connectivity index (χ4v) is 5.73. The van der Waals surface area contributed by atoms with Crippen molar-refractivity contribution in [1.29, 1.82) is 0 Å². The second-order valence-electron chi connectivity index (χ2n) is 11.0. The van der Waals surface area contributed by atoms with E-state index in [0.717, 1.165) is 0 Å². The third kappa shape index (κ3) is 11.6. The van der Waals surface area contributed by atoms with E-state index in [1.54, 1.807) is 0 Å². The molecule has 0 atom stereocenters. The molecule has 0 radical (unpaired) electrons. The Morgan fingerprint density at radius 2 is 0.692 bits per heavy atom. The summed E-state index contributed by atoms with van der Waals surface area (Å²) in [4.78, 5) is 10.2. The van der Waals surface area contributed by atoms with Crippen molar-refractivity contribution in [2.45, 2.75) is 77.0 Å². The van der Waals surface area contributed by atoms with E-state index in [2.05, 4.69) is 32.0 Å². The molecule has 39 heavy (non-hydrogen) atoms. The van der Waals surface area contributed by atoms with Crippen molar-refractivity contribution >= 4 is 0 Å². The van der Waals surface area contributed by atoms with Crippen LogP contribution in [0.1, 0.15) is 77.0 Å². The normalized spacial score (nSPS) is 20.7. The Morgan fingerprint density at radius 3 is 0.949 bits per heavy atom. The molecule has 210 valence electrons. The maximum Gasteiger partial charge on any atom is 4.00 e. The Bertz CT molecular complexity index is 756. The molecule has 4 nitrogen and oxygen atoms in total. The summed E-state index contributed by atoms with van der Waals surface area (Å²) in [5.74, 6) is 0. The Balaban J connectivity index is 0.000000319. The summed E-state index contributed by atoms with van der Waals surface area (Å²) in [5.41, 5.74) is 2.71. The molecule has 0 aliphatic carbocycles. The quantitative estimate of drug-likeness (QED) is 0.220. The predicted molar refractivity (Wildman–Crippen MR) is 159 cm³/mol. The first kappa shape index (κ1) is 31.6. The summed E-state index contributed by atoms with van der Waals surface area (Å²) in [6, 6.07) is 20.0. The fraction of sp³-hybridized carbons (Fsp3) is 0.588. The first-order valence-corrected chi connectivity index (χ1v) is 15.5. The zero-order chi connectivity index (χ0) is 26.1. The summed E-state index contributed by atoms with van der Waals surface area (Å²) in [6.07, 6.45) is 23.9. The molecule has 6 rings (SSSR count). The van der Waals surface area contributed by atoms with Gasteiger partial charge in [0.2, 0.25) is 0 Å². The summed E-state index contributed by atoms with van der Waals surface area (Å²) in [5, 5.41) is 0. The van der Waals surface area contributed by atoms with E-state index >= 15 is 0 Å². The van der Waals surface area contributed by atoms with Gasteiger partial charge in [-0.25, -0.2) is 48.1 Å². The molecule has 2 aromatic carbocycles. The summed E-state index contributed by atoms with van der Waals surface area (Å²) < 4.78 is 0. The SMILES string of the molecule is [C-](=C(C(=[C-]N1CCCCC1)N1CCCCC1)N1CCCCC1)N1CCCCC1.[Ti+4].c1cc[cH-]c1.c1cc[cH-]c1. The van der Waals surface area contributed by atoms with E-state index in [9.17, 15) is 0 Å². The van der Waals surface area contributed by atoms with E-state index in [0.29, 0.717) is 0 Å². The first-order chi connectivity index (χ1) is 18.9. The van der Waals surface area contributed by atoms with E-state index in [-0.39, 0.29) is 21.7 Å². The van der Waals surface area contributed by atoms with E-state index in [1.807, 2.05) is 60.7 Å². The number of nitrogens with zero attached hydrogens (tertiary/aromatic N) is 4. The van der Waals surface area contributed by atoms with Gasteiger partial charge in [0.05, 0.1) is 0 Å². The van der Waals surface area contributed by atoms with Crippen LogP contribution in [0.15, 0.2) is 72.1 Å². The molecular formula is C34H50N4Ti. The molecule has 0 N–H and O–H groups in total. The van der Waals surface area contributed by atoms with Crippen LogP contribution in [-0.2, 0) is 21.7 Å². The van der Waals surface area contributed by atoms with Crippen LogP contribution >= 0.6 is 0 Å². The van der Waals surface area contributed by atoms with Gasteiger partial charge >= 0.3 is 21.7 Å². The Kier molecular flexibility index (Phi) is 15.6. The zero-order valence-electron chi connectivity index (χ0n) is 24.2. The van der Waals surface area contributed by atoms with Gasteiger partial charge in [-0.05, 0) is 104 Å². The van der Waals surface area contributed by atoms with Crippen molar-refractivity contribution in [3.8, 4) is 0 Å². The zero-order valence-corrected chi connectivity index (χ0v) is 25.8. The molecule has 0 unspecified atom stereocenters. The number of hydrogen-bond acceptors (Lipinski definition) is 4. The van der Waals surface area contributed by atoms with Gasteiger partial charge in [-0.3, -0.25) is 0 Å². The van der Waals surface area contributed by atoms with Gasteiger partial charge in [0, 0.05) is 0 Å². The van der Waals surface area contributed by atoms with Crippen molar-refractivity contribution in [3.63, 3.8) is 0 Å². The molecule has 4 aliphatic heterocycles. The molecule has 5 heteroatoms. The van der Waals surface area contributed by atoms with Crippen LogP contribution in [0.5, 0.6) is 0 Å². The van der Waals surface area contributed by atoms with Gasteiger partial charge in [-0.2, -0.15) is 36.4 Å². The molecule has 4 fully saturated rings. The van der Waals surface area contributed by atoms with Gasteiger partial charge in [0.1, 0.15) is 0 Å². The Labute approximate surface area is 254 Å². The number of rotatable bonds is 5. The standard InChI is InChI=1S/C24H40N4.2C5H5.Ti/c1-5-13-25(14-6-1)21-23(27-17-9-3-10-18-27)24(28-19-11-4-12-20-28)22-26-15-7-2-8-16-26;2*1-2-4-5-3-1;/h1-20H2;2*1-5H;/q-2;2*-1;+4. The number of likely N-dealkylation sites (tertiary alicyclic amines) is 4. The van der Waals surface area contributed by atoms with Crippen LogP contribution in [0.2, 0.25) is 0 Å².